The summed E-state index contributed by atoms with van der Waals surface area (Å²) in [5.74, 6) is -0.790. The number of halogens is 2. The minimum atomic E-state index is -3.49. The number of hydrogen-bond acceptors (Lipinski definition) is 3. The zero-order chi connectivity index (χ0) is 19.2. The lowest BCUT2D eigenvalue weighted by molar-refractivity contribution is -0.116. The van der Waals surface area contributed by atoms with E-state index in [-0.39, 0.29) is 22.2 Å². The molecule has 0 spiro atoms. The molecule has 5 nitrogen and oxygen atoms in total. The lowest BCUT2D eigenvalue weighted by Gasteiger charge is -2.08. The van der Waals surface area contributed by atoms with Gasteiger partial charge in [0.15, 0.2) is 0 Å². The molecule has 0 fully saturated rings. The summed E-state index contributed by atoms with van der Waals surface area (Å²) in [7, 11) is -3.49. The molecule has 2 rings (SSSR count). The van der Waals surface area contributed by atoms with Crippen molar-refractivity contribution in [3.05, 3.63) is 58.9 Å². The molecule has 2 aromatic rings. The van der Waals surface area contributed by atoms with Crippen molar-refractivity contribution < 1.29 is 17.6 Å². The zero-order valence-corrected chi connectivity index (χ0v) is 15.8. The van der Waals surface area contributed by atoms with Crippen molar-refractivity contribution in [1.82, 2.24) is 4.72 Å². The van der Waals surface area contributed by atoms with Crippen molar-refractivity contribution in [2.75, 3.05) is 11.9 Å². The number of aryl methyl sites for hydroxylation is 1. The lowest BCUT2D eigenvalue weighted by atomic mass is 10.1. The number of carbonyl (C=O) groups excluding carboxylic acids is 1. The molecule has 1 amide bonds. The summed E-state index contributed by atoms with van der Waals surface area (Å²) in [6.07, 6.45) is 1.37. The summed E-state index contributed by atoms with van der Waals surface area (Å²) in [6, 6.07) is 10.4. The van der Waals surface area contributed by atoms with Crippen LogP contribution >= 0.6 is 11.6 Å². The fourth-order valence-electron chi connectivity index (χ4n) is 2.21. The third-order valence-corrected chi connectivity index (χ3v) is 5.39. The van der Waals surface area contributed by atoms with Crippen molar-refractivity contribution >= 4 is 33.2 Å². The third-order valence-electron chi connectivity index (χ3n) is 3.62. The average molecular weight is 399 g/mol. The van der Waals surface area contributed by atoms with Crippen molar-refractivity contribution in [1.29, 1.82) is 0 Å². The molecular formula is C18H20ClFN2O3S. The quantitative estimate of drug-likeness (QED) is 0.711. The Morgan fingerprint density at radius 2 is 1.85 bits per heavy atom. The van der Waals surface area contributed by atoms with Gasteiger partial charge in [0.05, 0.1) is 9.92 Å². The monoisotopic (exact) mass is 398 g/mol. The molecule has 0 saturated carbocycles. The van der Waals surface area contributed by atoms with Gasteiger partial charge in [0.2, 0.25) is 15.9 Å². The second-order valence-corrected chi connectivity index (χ2v) is 7.89. The molecule has 0 aliphatic heterocycles. The highest BCUT2D eigenvalue weighted by atomic mass is 35.5. The smallest absolute Gasteiger partial charge is 0.240 e. The Balaban J connectivity index is 1.91. The number of anilines is 1. The Hall–Kier alpha value is -1.96. The molecule has 0 aliphatic rings. The molecular weight excluding hydrogens is 379 g/mol. The largest absolute Gasteiger partial charge is 0.326 e. The van der Waals surface area contributed by atoms with E-state index < -0.39 is 15.8 Å². The maximum absolute atomic E-state index is 13.1. The van der Waals surface area contributed by atoms with E-state index in [1.54, 1.807) is 12.1 Å². The maximum atomic E-state index is 13.1. The normalized spacial score (nSPS) is 11.3. The molecule has 8 heteroatoms. The van der Waals surface area contributed by atoms with Gasteiger partial charge >= 0.3 is 0 Å². The number of carbonyl (C=O) groups is 1. The van der Waals surface area contributed by atoms with Crippen LogP contribution in [0.15, 0.2) is 47.4 Å². The number of hydrogen-bond donors (Lipinski definition) is 2. The van der Waals surface area contributed by atoms with Crippen LogP contribution in [0.3, 0.4) is 0 Å². The second-order valence-electron chi connectivity index (χ2n) is 5.72. The van der Waals surface area contributed by atoms with Crippen LogP contribution in [0.2, 0.25) is 5.02 Å². The number of rotatable bonds is 8. The van der Waals surface area contributed by atoms with E-state index in [2.05, 4.69) is 10.0 Å². The van der Waals surface area contributed by atoms with Gasteiger partial charge in [-0.1, -0.05) is 30.7 Å². The van der Waals surface area contributed by atoms with Gasteiger partial charge in [0.1, 0.15) is 5.82 Å². The SMILES string of the molecule is CCCNS(=O)(=O)c1ccc(CCC(=O)Nc2ccc(F)c(Cl)c2)cc1. The van der Waals surface area contributed by atoms with Gasteiger partial charge in [-0.15, -0.1) is 0 Å². The van der Waals surface area contributed by atoms with Crippen LogP contribution in [0.5, 0.6) is 0 Å². The van der Waals surface area contributed by atoms with Gasteiger partial charge in [-0.3, -0.25) is 4.79 Å². The van der Waals surface area contributed by atoms with E-state index in [0.29, 0.717) is 25.1 Å². The van der Waals surface area contributed by atoms with Gasteiger partial charge in [0.25, 0.3) is 0 Å². The molecule has 0 heterocycles. The Kier molecular flexibility index (Phi) is 7.14. The first kappa shape index (κ1) is 20.4. The second kappa shape index (κ2) is 9.12. The molecule has 0 aliphatic carbocycles. The number of benzene rings is 2. The van der Waals surface area contributed by atoms with Crippen molar-refractivity contribution in [3.63, 3.8) is 0 Å². The highest BCUT2D eigenvalue weighted by molar-refractivity contribution is 7.89. The number of amides is 1. The van der Waals surface area contributed by atoms with Crippen LogP contribution < -0.4 is 10.0 Å². The molecule has 0 bridgehead atoms. The first-order valence-electron chi connectivity index (χ1n) is 8.15. The standard InChI is InChI=1S/C18H20ClFN2O3S/c1-2-11-21-26(24,25)15-7-3-13(4-8-15)5-10-18(23)22-14-6-9-17(20)16(19)12-14/h3-4,6-9,12,21H,2,5,10-11H2,1H3,(H,22,23). The highest BCUT2D eigenvalue weighted by Gasteiger charge is 2.13. The van der Waals surface area contributed by atoms with Gasteiger partial charge in [-0.25, -0.2) is 17.5 Å². The maximum Gasteiger partial charge on any atom is 0.240 e. The van der Waals surface area contributed by atoms with Crippen molar-refractivity contribution in [3.8, 4) is 0 Å². The van der Waals surface area contributed by atoms with E-state index in [1.165, 1.54) is 30.3 Å². The summed E-state index contributed by atoms with van der Waals surface area (Å²) >= 11 is 5.67. The van der Waals surface area contributed by atoms with Crippen LogP contribution in [0, 0.1) is 5.82 Å². The van der Waals surface area contributed by atoms with Crippen molar-refractivity contribution in [2.45, 2.75) is 31.1 Å². The van der Waals surface area contributed by atoms with Crippen LogP contribution in [-0.4, -0.2) is 20.9 Å². The minimum absolute atomic E-state index is 0.0590. The van der Waals surface area contributed by atoms with Crippen LogP contribution in [0.25, 0.3) is 0 Å². The molecule has 2 N–H and O–H groups in total. The first-order valence-corrected chi connectivity index (χ1v) is 10.0. The van der Waals surface area contributed by atoms with Crippen LogP contribution in [0.1, 0.15) is 25.3 Å². The molecule has 0 aromatic heterocycles. The predicted molar refractivity (Wildman–Crippen MR) is 100 cm³/mol. The summed E-state index contributed by atoms with van der Waals surface area (Å²) in [5.41, 5.74) is 1.26. The molecule has 0 atom stereocenters. The number of sulfonamides is 1. The van der Waals surface area contributed by atoms with Crippen LogP contribution in [-0.2, 0) is 21.2 Å². The van der Waals surface area contributed by atoms with E-state index in [0.717, 1.165) is 5.56 Å². The van der Waals surface area contributed by atoms with Gasteiger partial charge in [-0.05, 0) is 48.7 Å². The summed E-state index contributed by atoms with van der Waals surface area (Å²) in [4.78, 5) is 12.2. The van der Waals surface area contributed by atoms with Gasteiger partial charge in [0, 0.05) is 18.7 Å². The lowest BCUT2D eigenvalue weighted by Crippen LogP contribution is -2.24. The van der Waals surface area contributed by atoms with Crippen LogP contribution in [0.4, 0.5) is 10.1 Å². The van der Waals surface area contributed by atoms with E-state index >= 15 is 0 Å². The molecule has 26 heavy (non-hydrogen) atoms. The van der Waals surface area contributed by atoms with E-state index in [4.69, 9.17) is 11.6 Å². The molecule has 140 valence electrons. The molecule has 0 unspecified atom stereocenters. The van der Waals surface area contributed by atoms with E-state index in [1.807, 2.05) is 6.92 Å². The summed E-state index contributed by atoms with van der Waals surface area (Å²) in [5, 5.41) is 2.58. The van der Waals surface area contributed by atoms with E-state index in [9.17, 15) is 17.6 Å². The minimum Gasteiger partial charge on any atom is -0.326 e. The zero-order valence-electron chi connectivity index (χ0n) is 14.3. The number of nitrogens with one attached hydrogen (secondary N) is 2. The molecule has 2 aromatic carbocycles. The fourth-order valence-corrected chi connectivity index (χ4v) is 3.52. The van der Waals surface area contributed by atoms with Crippen molar-refractivity contribution in [2.24, 2.45) is 0 Å². The first-order chi connectivity index (χ1) is 12.3. The Bertz CT molecular complexity index is 871. The van der Waals surface area contributed by atoms with Gasteiger partial charge in [-0.2, -0.15) is 0 Å². The van der Waals surface area contributed by atoms with Gasteiger partial charge < -0.3 is 5.32 Å². The Morgan fingerprint density at radius 3 is 2.46 bits per heavy atom. The molecule has 0 radical (unpaired) electrons. The summed E-state index contributed by atoms with van der Waals surface area (Å²) < 4.78 is 39.6. The highest BCUT2D eigenvalue weighted by Crippen LogP contribution is 2.19. The topological polar surface area (TPSA) is 75.3 Å². The predicted octanol–water partition coefficient (Wildman–Crippen LogP) is 3.74. The average Bonchev–Trinajstić information content (AvgIpc) is 2.62. The fraction of sp³-hybridized carbons (Fsp3) is 0.278. The Labute approximate surface area is 157 Å². The molecule has 0 saturated heterocycles. The summed E-state index contributed by atoms with van der Waals surface area (Å²) in [6.45, 7) is 2.27. The third kappa shape index (κ3) is 5.79. The Morgan fingerprint density at radius 1 is 1.15 bits per heavy atom.